The minimum Gasteiger partial charge on any atom is -0.454 e. The van der Waals surface area contributed by atoms with E-state index in [2.05, 4.69) is 10.1 Å². The Labute approximate surface area is 176 Å². The summed E-state index contributed by atoms with van der Waals surface area (Å²) in [5.74, 6) is -0.891. The van der Waals surface area contributed by atoms with Crippen molar-refractivity contribution in [3.8, 4) is 5.69 Å². The topological polar surface area (TPSA) is 78.5 Å². The summed E-state index contributed by atoms with van der Waals surface area (Å²) in [5, 5.41) is 4.50. The van der Waals surface area contributed by atoms with Crippen LogP contribution in [-0.4, -0.2) is 25.1 Å². The molecule has 3 aromatic heterocycles. The summed E-state index contributed by atoms with van der Waals surface area (Å²) >= 11 is 0. The minimum absolute atomic E-state index is 0.127. The average molecular weight is 418 g/mol. The van der Waals surface area contributed by atoms with Crippen LogP contribution in [0.5, 0.6) is 0 Å². The third-order valence-electron chi connectivity index (χ3n) is 5.42. The molecule has 4 aromatic rings. The third kappa shape index (κ3) is 3.61. The van der Waals surface area contributed by atoms with Crippen molar-refractivity contribution in [1.29, 1.82) is 0 Å². The van der Waals surface area contributed by atoms with E-state index in [1.54, 1.807) is 41.2 Å². The highest BCUT2D eigenvalue weighted by Crippen LogP contribution is 2.27. The lowest BCUT2D eigenvalue weighted by Crippen LogP contribution is -2.17. The lowest BCUT2D eigenvalue weighted by Gasteiger charge is -2.14. The van der Waals surface area contributed by atoms with Gasteiger partial charge in [0.05, 0.1) is 11.4 Å². The van der Waals surface area contributed by atoms with Crippen LogP contribution in [0.25, 0.3) is 11.3 Å². The molecule has 31 heavy (non-hydrogen) atoms. The van der Waals surface area contributed by atoms with Crippen LogP contribution in [0.4, 0.5) is 4.39 Å². The molecule has 1 aromatic carbocycles. The smallest absolute Gasteiger partial charge is 0.359 e. The summed E-state index contributed by atoms with van der Waals surface area (Å²) < 4.78 is 21.9. The van der Waals surface area contributed by atoms with Gasteiger partial charge < -0.3 is 4.74 Å². The largest absolute Gasteiger partial charge is 0.454 e. The number of rotatable bonds is 4. The first-order chi connectivity index (χ1) is 15.1. The van der Waals surface area contributed by atoms with Crippen LogP contribution in [-0.2, 0) is 24.2 Å². The summed E-state index contributed by atoms with van der Waals surface area (Å²) in [6, 6.07) is 12.6. The van der Waals surface area contributed by atoms with E-state index < -0.39 is 5.97 Å². The molecule has 0 spiro atoms. The predicted molar refractivity (Wildman–Crippen MR) is 111 cm³/mol. The van der Waals surface area contributed by atoms with Gasteiger partial charge in [-0.05, 0) is 62.1 Å². The first kappa shape index (κ1) is 19.2. The van der Waals surface area contributed by atoms with Gasteiger partial charge in [-0.25, -0.2) is 18.9 Å². The van der Waals surface area contributed by atoms with Crippen molar-refractivity contribution in [2.24, 2.45) is 0 Å². The number of hydrogen-bond donors (Lipinski definition) is 0. The number of carbonyl (C=O) groups excluding carboxylic acids is 1. The van der Waals surface area contributed by atoms with E-state index in [0.717, 1.165) is 36.9 Å². The number of halogens is 1. The fraction of sp³-hybridized carbons (Fsp3) is 0.217. The van der Waals surface area contributed by atoms with Crippen LogP contribution in [0.1, 0.15) is 40.3 Å². The summed E-state index contributed by atoms with van der Waals surface area (Å²) in [4.78, 5) is 29.5. The van der Waals surface area contributed by atoms with Crippen LogP contribution in [0, 0.1) is 5.82 Å². The number of carbonyl (C=O) groups is 1. The normalized spacial score (nSPS) is 13.2. The molecule has 0 saturated heterocycles. The first-order valence-electron chi connectivity index (χ1n) is 10.1. The van der Waals surface area contributed by atoms with Gasteiger partial charge in [-0.15, -0.1) is 0 Å². The van der Waals surface area contributed by atoms with Crippen molar-refractivity contribution in [3.63, 3.8) is 0 Å². The summed E-state index contributed by atoms with van der Waals surface area (Å²) in [6.07, 6.45) is 5.12. The van der Waals surface area contributed by atoms with Gasteiger partial charge in [-0.2, -0.15) is 5.10 Å². The maximum absolute atomic E-state index is 13.3. The van der Waals surface area contributed by atoms with Crippen molar-refractivity contribution in [2.75, 3.05) is 0 Å². The Kier molecular flexibility index (Phi) is 4.82. The highest BCUT2D eigenvalue weighted by molar-refractivity contribution is 5.89. The van der Waals surface area contributed by atoms with Crippen LogP contribution in [0.3, 0.4) is 0 Å². The molecule has 3 heterocycles. The first-order valence-corrected chi connectivity index (χ1v) is 10.1. The lowest BCUT2D eigenvalue weighted by atomic mass is 9.95. The van der Waals surface area contributed by atoms with E-state index in [0.29, 0.717) is 17.0 Å². The Morgan fingerprint density at radius 1 is 1.10 bits per heavy atom. The maximum Gasteiger partial charge on any atom is 0.359 e. The summed E-state index contributed by atoms with van der Waals surface area (Å²) in [5.41, 5.74) is 3.39. The zero-order valence-electron chi connectivity index (χ0n) is 16.6. The molecule has 0 bridgehead atoms. The summed E-state index contributed by atoms with van der Waals surface area (Å²) in [7, 11) is 0. The molecular formula is C23H19FN4O3. The van der Waals surface area contributed by atoms with Gasteiger partial charge in [0, 0.05) is 23.5 Å². The molecule has 1 aliphatic rings. The zero-order valence-corrected chi connectivity index (χ0v) is 16.6. The second kappa shape index (κ2) is 7.79. The third-order valence-corrected chi connectivity index (χ3v) is 5.42. The molecule has 1 aliphatic carbocycles. The molecule has 0 fully saturated rings. The van der Waals surface area contributed by atoms with Crippen molar-refractivity contribution in [3.05, 3.63) is 93.5 Å². The van der Waals surface area contributed by atoms with E-state index >= 15 is 0 Å². The number of esters is 1. The Balaban J connectivity index is 1.43. The fourth-order valence-electron chi connectivity index (χ4n) is 3.94. The van der Waals surface area contributed by atoms with E-state index in [9.17, 15) is 14.0 Å². The number of fused-ring (bicyclic) bond motifs is 2. The molecule has 0 N–H and O–H groups in total. The molecule has 156 valence electrons. The zero-order chi connectivity index (χ0) is 21.4. The van der Waals surface area contributed by atoms with Crippen LogP contribution >= 0.6 is 0 Å². The van der Waals surface area contributed by atoms with Crippen LogP contribution in [0.15, 0.2) is 59.5 Å². The quantitative estimate of drug-likeness (QED) is 0.476. The number of aromatic nitrogens is 4. The molecule has 0 unspecified atom stereocenters. The van der Waals surface area contributed by atoms with Crippen molar-refractivity contribution < 1.29 is 13.9 Å². The monoisotopic (exact) mass is 418 g/mol. The Hall–Kier alpha value is -3.81. The van der Waals surface area contributed by atoms with Crippen LogP contribution < -0.4 is 5.56 Å². The highest BCUT2D eigenvalue weighted by atomic mass is 19.1. The van der Waals surface area contributed by atoms with Crippen LogP contribution in [0.2, 0.25) is 0 Å². The molecule has 0 amide bonds. The second-order valence-corrected chi connectivity index (χ2v) is 7.46. The number of pyridine rings is 1. The maximum atomic E-state index is 13.3. The second-order valence-electron chi connectivity index (χ2n) is 7.46. The average Bonchev–Trinajstić information content (AvgIpc) is 3.18. The Bertz CT molecular complexity index is 1340. The van der Waals surface area contributed by atoms with Gasteiger partial charge >= 0.3 is 5.97 Å². The van der Waals surface area contributed by atoms with Gasteiger partial charge in [0.1, 0.15) is 18.1 Å². The van der Waals surface area contributed by atoms with Gasteiger partial charge in [0.25, 0.3) is 5.56 Å². The SMILES string of the molecule is O=C(OCc1cc(=O)n2ccccc2n1)c1nn(-c2ccc(F)cc2)c2c1CCCC2. The van der Waals surface area contributed by atoms with Gasteiger partial charge in [0.2, 0.25) is 0 Å². The molecule has 0 radical (unpaired) electrons. The molecular weight excluding hydrogens is 399 g/mol. The Morgan fingerprint density at radius 2 is 1.90 bits per heavy atom. The summed E-state index contributed by atoms with van der Waals surface area (Å²) in [6.45, 7) is -0.127. The minimum atomic E-state index is -0.561. The lowest BCUT2D eigenvalue weighted by molar-refractivity contribution is 0.0459. The molecule has 0 atom stereocenters. The standard InChI is InChI=1S/C23H19FN4O3/c24-15-8-10-17(11-9-15)28-19-6-2-1-5-18(19)22(26-28)23(30)31-14-16-13-21(29)27-12-4-3-7-20(27)25-16/h3-4,7-13H,1-2,5-6,14H2. The van der Waals surface area contributed by atoms with Gasteiger partial charge in [-0.1, -0.05) is 6.07 Å². The van der Waals surface area contributed by atoms with Gasteiger partial charge in [0.15, 0.2) is 5.69 Å². The number of benzene rings is 1. The molecule has 0 aliphatic heterocycles. The van der Waals surface area contributed by atoms with E-state index in [1.807, 2.05) is 0 Å². The molecule has 8 heteroatoms. The molecule has 7 nitrogen and oxygen atoms in total. The number of hydrogen-bond acceptors (Lipinski definition) is 5. The van der Waals surface area contributed by atoms with Crippen molar-refractivity contribution in [2.45, 2.75) is 32.3 Å². The van der Waals surface area contributed by atoms with Crippen molar-refractivity contribution in [1.82, 2.24) is 19.2 Å². The van der Waals surface area contributed by atoms with Crippen molar-refractivity contribution >= 4 is 11.6 Å². The predicted octanol–water partition coefficient (Wildman–Crippen LogP) is 3.26. The van der Waals surface area contributed by atoms with E-state index in [4.69, 9.17) is 4.74 Å². The molecule has 5 rings (SSSR count). The highest BCUT2D eigenvalue weighted by Gasteiger charge is 2.26. The molecule has 0 saturated carbocycles. The fourth-order valence-corrected chi connectivity index (χ4v) is 3.94. The number of ether oxygens (including phenoxy) is 1. The van der Waals surface area contributed by atoms with Gasteiger partial charge in [-0.3, -0.25) is 9.20 Å². The van der Waals surface area contributed by atoms with E-state index in [1.165, 1.54) is 22.6 Å². The Morgan fingerprint density at radius 3 is 2.74 bits per heavy atom. The van der Waals surface area contributed by atoms with E-state index in [-0.39, 0.29) is 23.7 Å². The number of nitrogens with zero attached hydrogens (tertiary/aromatic N) is 4.